The molecule has 1 fully saturated rings. The van der Waals surface area contributed by atoms with Gasteiger partial charge in [0.25, 0.3) is 0 Å². The quantitative estimate of drug-likeness (QED) is 0.481. The molecular formula is C28H34F2N4O. The summed E-state index contributed by atoms with van der Waals surface area (Å²) in [6.07, 6.45) is 6.78. The van der Waals surface area contributed by atoms with Gasteiger partial charge in [-0.05, 0) is 62.4 Å². The number of hydrogen-bond donors (Lipinski definition) is 0. The fourth-order valence-electron chi connectivity index (χ4n) is 4.69. The summed E-state index contributed by atoms with van der Waals surface area (Å²) in [5.74, 6) is 0.860. The largest absolute Gasteiger partial charge is 0.473 e. The van der Waals surface area contributed by atoms with Crippen LogP contribution in [0, 0.1) is 18.6 Å². The molecule has 35 heavy (non-hydrogen) atoms. The number of ether oxygens (including phenoxy) is 1. The number of aliphatic imine (C=N–C) groups is 1. The van der Waals surface area contributed by atoms with E-state index in [1.54, 1.807) is 6.20 Å². The fraction of sp³-hybridized carbons (Fsp3) is 0.429. The Morgan fingerprint density at radius 3 is 2.51 bits per heavy atom. The smallest absolute Gasteiger partial charge is 0.219 e. The Balaban J connectivity index is 1.50. The van der Waals surface area contributed by atoms with E-state index in [9.17, 15) is 8.78 Å². The minimum Gasteiger partial charge on any atom is -0.473 e. The first kappa shape index (κ1) is 24.9. The van der Waals surface area contributed by atoms with Crippen LogP contribution in [0.15, 0.2) is 59.8 Å². The molecule has 186 valence electrons. The molecule has 1 aromatic carbocycles. The minimum absolute atomic E-state index is 0.00885. The van der Waals surface area contributed by atoms with Crippen molar-refractivity contribution in [3.05, 3.63) is 88.8 Å². The van der Waals surface area contributed by atoms with Gasteiger partial charge in [0.2, 0.25) is 5.90 Å². The summed E-state index contributed by atoms with van der Waals surface area (Å²) in [4.78, 5) is 13.2. The number of nitrogens with zero attached hydrogens (tertiary/aromatic N) is 4. The van der Waals surface area contributed by atoms with E-state index >= 15 is 0 Å². The molecule has 0 N–H and O–H groups in total. The molecule has 2 aromatic rings. The topological polar surface area (TPSA) is 41.0 Å². The second-order valence-corrected chi connectivity index (χ2v) is 9.58. The monoisotopic (exact) mass is 480 g/mol. The van der Waals surface area contributed by atoms with Crippen LogP contribution < -0.4 is 0 Å². The summed E-state index contributed by atoms with van der Waals surface area (Å²) < 4.78 is 35.5. The third-order valence-electron chi connectivity index (χ3n) is 7.03. The highest BCUT2D eigenvalue weighted by Gasteiger charge is 2.40. The van der Waals surface area contributed by atoms with Crippen LogP contribution in [0.2, 0.25) is 0 Å². The molecule has 0 bridgehead atoms. The lowest BCUT2D eigenvalue weighted by molar-refractivity contribution is 0.0454. The lowest BCUT2D eigenvalue weighted by atomic mass is 9.89. The molecule has 0 saturated carbocycles. The minimum atomic E-state index is -0.594. The van der Waals surface area contributed by atoms with Crippen LogP contribution in [0.25, 0.3) is 0 Å². The van der Waals surface area contributed by atoms with Crippen molar-refractivity contribution in [1.29, 1.82) is 0 Å². The molecule has 2 aliphatic rings. The average Bonchev–Trinajstić information content (AvgIpc) is 2.83. The Bertz CT molecular complexity index is 1140. The molecule has 4 rings (SSSR count). The van der Waals surface area contributed by atoms with Gasteiger partial charge >= 0.3 is 0 Å². The molecule has 3 heterocycles. The number of aromatic nitrogens is 1. The first-order chi connectivity index (χ1) is 16.7. The van der Waals surface area contributed by atoms with Crippen molar-refractivity contribution in [2.45, 2.75) is 65.5 Å². The van der Waals surface area contributed by atoms with E-state index in [0.717, 1.165) is 49.4 Å². The number of rotatable bonds is 7. The van der Waals surface area contributed by atoms with Crippen molar-refractivity contribution < 1.29 is 13.5 Å². The molecule has 0 radical (unpaired) electrons. The summed E-state index contributed by atoms with van der Waals surface area (Å²) in [6.45, 7) is 14.4. The van der Waals surface area contributed by atoms with Gasteiger partial charge in [0.05, 0.1) is 0 Å². The highest BCUT2D eigenvalue weighted by molar-refractivity contribution is 5.90. The van der Waals surface area contributed by atoms with Crippen LogP contribution in [-0.4, -0.2) is 39.3 Å². The number of pyridine rings is 1. The molecule has 1 saturated heterocycles. The predicted octanol–water partition coefficient (Wildman–Crippen LogP) is 6.09. The zero-order chi connectivity index (χ0) is 25.2. The average molecular weight is 481 g/mol. The van der Waals surface area contributed by atoms with Gasteiger partial charge in [-0.3, -0.25) is 4.98 Å². The van der Waals surface area contributed by atoms with Gasteiger partial charge in [-0.2, -0.15) is 4.99 Å². The Morgan fingerprint density at radius 2 is 1.89 bits per heavy atom. The Labute approximate surface area is 206 Å². The van der Waals surface area contributed by atoms with Gasteiger partial charge in [-0.25, -0.2) is 8.78 Å². The Hall–Kier alpha value is -3.22. The lowest BCUT2D eigenvalue weighted by Crippen LogP contribution is -2.56. The standard InChI is InChI=1S/C28H34F2N4O/c1-6-11-34-27-16-26(32-20(4)33(27)12-10-28(34,5)7-2)35-18-22-14-24(29)23(25(30)15-22)13-21-9-8-19(3)31-17-21/h8-9,14-17H,4,6-7,10-13,18H2,1-3,5H3. The van der Waals surface area contributed by atoms with Crippen molar-refractivity contribution in [2.24, 2.45) is 4.99 Å². The lowest BCUT2D eigenvalue weighted by Gasteiger charge is -2.52. The molecule has 0 aliphatic carbocycles. The number of fused-ring (bicyclic) bond motifs is 1. The van der Waals surface area contributed by atoms with Crippen molar-refractivity contribution >= 4 is 5.90 Å². The van der Waals surface area contributed by atoms with Gasteiger partial charge in [0.15, 0.2) is 0 Å². The zero-order valence-electron chi connectivity index (χ0n) is 21.1. The second-order valence-electron chi connectivity index (χ2n) is 9.58. The van der Waals surface area contributed by atoms with E-state index in [1.807, 2.05) is 25.1 Å². The zero-order valence-corrected chi connectivity index (χ0v) is 21.1. The first-order valence-electron chi connectivity index (χ1n) is 12.3. The molecule has 7 heteroatoms. The van der Waals surface area contributed by atoms with Crippen molar-refractivity contribution in [1.82, 2.24) is 14.8 Å². The molecule has 2 aliphatic heterocycles. The fourth-order valence-corrected chi connectivity index (χ4v) is 4.69. The molecule has 5 nitrogen and oxygen atoms in total. The van der Waals surface area contributed by atoms with Gasteiger partial charge in [-0.1, -0.05) is 26.5 Å². The molecule has 1 aromatic heterocycles. The molecule has 1 atom stereocenters. The van der Waals surface area contributed by atoms with E-state index in [-0.39, 0.29) is 24.1 Å². The maximum atomic E-state index is 14.8. The number of halogens is 2. The number of benzene rings is 1. The van der Waals surface area contributed by atoms with Crippen molar-refractivity contribution in [3.8, 4) is 0 Å². The van der Waals surface area contributed by atoms with Crippen LogP contribution in [0.1, 0.15) is 62.4 Å². The van der Waals surface area contributed by atoms with Crippen LogP contribution >= 0.6 is 0 Å². The van der Waals surface area contributed by atoms with Crippen molar-refractivity contribution in [3.63, 3.8) is 0 Å². The summed E-state index contributed by atoms with van der Waals surface area (Å²) >= 11 is 0. The molecule has 1 unspecified atom stereocenters. The highest BCUT2D eigenvalue weighted by Crippen LogP contribution is 2.37. The Morgan fingerprint density at radius 1 is 1.14 bits per heavy atom. The molecular weight excluding hydrogens is 446 g/mol. The number of aryl methyl sites for hydroxylation is 1. The summed E-state index contributed by atoms with van der Waals surface area (Å²) in [6, 6.07) is 6.32. The second kappa shape index (κ2) is 10.2. The maximum Gasteiger partial charge on any atom is 0.219 e. The van der Waals surface area contributed by atoms with Crippen LogP contribution in [0.3, 0.4) is 0 Å². The van der Waals surface area contributed by atoms with Gasteiger partial charge in [0.1, 0.15) is 29.9 Å². The summed E-state index contributed by atoms with van der Waals surface area (Å²) in [5.41, 5.74) is 2.10. The van der Waals surface area contributed by atoms with Crippen molar-refractivity contribution in [2.75, 3.05) is 13.1 Å². The molecule has 0 amide bonds. The third kappa shape index (κ3) is 5.24. The van der Waals surface area contributed by atoms with E-state index in [1.165, 1.54) is 12.1 Å². The van der Waals surface area contributed by atoms with Gasteiger partial charge in [-0.15, -0.1) is 0 Å². The van der Waals surface area contributed by atoms with Crippen LogP contribution in [-0.2, 0) is 17.8 Å². The third-order valence-corrected chi connectivity index (χ3v) is 7.03. The maximum absolute atomic E-state index is 14.8. The van der Waals surface area contributed by atoms with E-state index in [2.05, 4.69) is 47.1 Å². The summed E-state index contributed by atoms with van der Waals surface area (Å²) in [5, 5.41) is 0. The molecule has 0 spiro atoms. The van der Waals surface area contributed by atoms with Gasteiger partial charge < -0.3 is 14.5 Å². The van der Waals surface area contributed by atoms with Gasteiger partial charge in [0, 0.05) is 48.6 Å². The van der Waals surface area contributed by atoms with E-state index in [0.29, 0.717) is 17.3 Å². The van der Waals surface area contributed by atoms with Crippen LogP contribution in [0.4, 0.5) is 8.78 Å². The SMILES string of the molecule is C=C1N=C(OCc2cc(F)c(Cc3ccc(C)nc3)c(F)c2)C=C2N1CCC(C)(CC)N2CCC. The predicted molar refractivity (Wildman–Crippen MR) is 135 cm³/mol. The summed E-state index contributed by atoms with van der Waals surface area (Å²) in [7, 11) is 0. The van der Waals surface area contributed by atoms with Crippen LogP contribution in [0.5, 0.6) is 0 Å². The number of hydrogen-bond acceptors (Lipinski definition) is 5. The van der Waals surface area contributed by atoms with E-state index < -0.39 is 11.6 Å². The Kier molecular flexibility index (Phi) is 7.24. The van der Waals surface area contributed by atoms with E-state index in [4.69, 9.17) is 4.74 Å². The normalized spacial score (nSPS) is 19.9. The first-order valence-corrected chi connectivity index (χ1v) is 12.3. The highest BCUT2D eigenvalue weighted by atomic mass is 19.1.